The Balaban J connectivity index is 2.44. The predicted molar refractivity (Wildman–Crippen MR) is 275 cm³/mol. The largest absolute Gasteiger partial charge is 0.457 e. The van der Waals surface area contributed by atoms with Crippen molar-refractivity contribution in [3.05, 3.63) is 109 Å². The van der Waals surface area contributed by atoms with Crippen LogP contribution in [0.2, 0.25) is 0 Å². The lowest BCUT2D eigenvalue weighted by atomic mass is 9.99. The summed E-state index contributed by atoms with van der Waals surface area (Å²) in [6.45, 7) is 3.73. The standard InChI is InChI=1S/C55H90O12S/c1-3-5-7-9-11-13-15-17-19-21-23-24-25-27-29-31-33-35-37-39-41-43-45-63-47-49(48-64-55-53(59)54(67-68(60,61)62)52(58)50(46-56)66-55)65-51(57)44-42-40-38-36-34-32-30-28-26-22-20-18-16-14-12-10-8-6-4-2/h6,8,12,14-15,17-18,20-21,23,25-28,32,34,38,40,49-50,52-56,58-59H,3-5,7,9-11,13,16,19,22,24,29-31,33,35-37,39,41-48H2,1-2H3,(H,60,61,62)/b8-6-,14-12-,17-15-,20-18-,23-21-,27-25-,28-26-,34-32-,40-38-. The van der Waals surface area contributed by atoms with Crippen LogP contribution in [0.25, 0.3) is 0 Å². The smallest absolute Gasteiger partial charge is 0.397 e. The van der Waals surface area contributed by atoms with Gasteiger partial charge in [-0.25, -0.2) is 4.18 Å². The lowest BCUT2D eigenvalue weighted by molar-refractivity contribution is -0.301. The summed E-state index contributed by atoms with van der Waals surface area (Å²) in [7, 11) is -5.08. The fourth-order valence-electron chi connectivity index (χ4n) is 7.06. The van der Waals surface area contributed by atoms with Crippen molar-refractivity contribution >= 4 is 16.4 Å². The second-order valence-corrected chi connectivity index (χ2v) is 18.1. The number of carbonyl (C=O) groups is 1. The number of esters is 1. The van der Waals surface area contributed by atoms with Crippen molar-refractivity contribution in [2.75, 3.05) is 26.4 Å². The van der Waals surface area contributed by atoms with Crippen molar-refractivity contribution in [3.63, 3.8) is 0 Å². The van der Waals surface area contributed by atoms with E-state index in [1.54, 1.807) is 0 Å². The number of hydrogen-bond acceptors (Lipinski definition) is 11. The van der Waals surface area contributed by atoms with Crippen LogP contribution in [0.3, 0.4) is 0 Å². The van der Waals surface area contributed by atoms with Crippen molar-refractivity contribution in [2.45, 2.75) is 205 Å². The first kappa shape index (κ1) is 62.8. The highest BCUT2D eigenvalue weighted by molar-refractivity contribution is 7.80. The minimum atomic E-state index is -5.08. The van der Waals surface area contributed by atoms with Crippen LogP contribution in [-0.4, -0.2) is 97.5 Å². The van der Waals surface area contributed by atoms with Gasteiger partial charge in [0.1, 0.15) is 30.5 Å². The van der Waals surface area contributed by atoms with Crippen LogP contribution in [0, 0.1) is 0 Å². The van der Waals surface area contributed by atoms with Crippen LogP contribution < -0.4 is 0 Å². The Morgan fingerprint density at radius 3 is 1.49 bits per heavy atom. The van der Waals surface area contributed by atoms with Gasteiger partial charge >= 0.3 is 16.4 Å². The summed E-state index contributed by atoms with van der Waals surface area (Å²) in [5.74, 6) is -0.489. The molecule has 1 rings (SSSR count). The van der Waals surface area contributed by atoms with Gasteiger partial charge in [-0.15, -0.1) is 0 Å². The summed E-state index contributed by atoms with van der Waals surface area (Å²) in [4.78, 5) is 12.9. The highest BCUT2D eigenvalue weighted by Crippen LogP contribution is 2.26. The first-order valence-corrected chi connectivity index (χ1v) is 27.0. The third-order valence-corrected chi connectivity index (χ3v) is 11.4. The van der Waals surface area contributed by atoms with Gasteiger partial charge in [-0.05, 0) is 89.9 Å². The van der Waals surface area contributed by atoms with E-state index >= 15 is 0 Å². The lowest BCUT2D eigenvalue weighted by Gasteiger charge is -2.41. The number of carbonyl (C=O) groups excluding carboxylic acids is 1. The maximum absolute atomic E-state index is 12.9. The van der Waals surface area contributed by atoms with Crippen LogP contribution in [0.15, 0.2) is 109 Å². The third-order valence-electron chi connectivity index (χ3n) is 10.9. The Labute approximate surface area is 411 Å². The van der Waals surface area contributed by atoms with E-state index in [0.717, 1.165) is 83.5 Å². The molecule has 12 nitrogen and oxygen atoms in total. The molecule has 13 heteroatoms. The molecule has 6 atom stereocenters. The third kappa shape index (κ3) is 37.6. The molecule has 0 bridgehead atoms. The topological polar surface area (TPSA) is 178 Å². The molecular formula is C55H90O12S. The summed E-state index contributed by atoms with van der Waals surface area (Å²) in [6, 6.07) is 0. The quantitative estimate of drug-likeness (QED) is 0.0197. The molecule has 6 unspecified atom stereocenters. The van der Waals surface area contributed by atoms with E-state index in [0.29, 0.717) is 13.0 Å². The number of allylic oxidation sites excluding steroid dienone is 18. The molecule has 4 N–H and O–H groups in total. The molecule has 0 aromatic heterocycles. The van der Waals surface area contributed by atoms with Gasteiger partial charge < -0.3 is 34.3 Å². The maximum Gasteiger partial charge on any atom is 0.397 e. The second kappa shape index (κ2) is 44.9. The summed E-state index contributed by atoms with van der Waals surface area (Å²) in [5, 5.41) is 30.7. The minimum absolute atomic E-state index is 0.00885. The van der Waals surface area contributed by atoms with E-state index < -0.39 is 59.8 Å². The Bertz CT molecular complexity index is 1590. The predicted octanol–water partition coefficient (Wildman–Crippen LogP) is 12.0. The fourth-order valence-corrected chi connectivity index (χ4v) is 7.57. The Morgan fingerprint density at radius 1 is 0.574 bits per heavy atom. The molecule has 68 heavy (non-hydrogen) atoms. The Kier molecular flexibility index (Phi) is 41.5. The van der Waals surface area contributed by atoms with Crippen molar-refractivity contribution in [1.82, 2.24) is 0 Å². The van der Waals surface area contributed by atoms with Gasteiger partial charge in [-0.1, -0.05) is 181 Å². The highest BCUT2D eigenvalue weighted by atomic mass is 32.3. The average Bonchev–Trinajstić information content (AvgIpc) is 3.31. The fraction of sp³-hybridized carbons (Fsp3) is 0.655. The average molecular weight is 975 g/mol. The van der Waals surface area contributed by atoms with Crippen molar-refractivity contribution in [1.29, 1.82) is 0 Å². The van der Waals surface area contributed by atoms with Crippen molar-refractivity contribution in [3.8, 4) is 0 Å². The SMILES string of the molecule is CC/C=C\C/C=C\C/C=C\C/C=C\C/C=C\C/C=C\CCC(=O)OC(COCCCCCCCCC/C=C\C/C=C\C/C=C\CCCCCCC)COC1OC(CO)C(O)C(OS(=O)(=O)O)C1O. The lowest BCUT2D eigenvalue weighted by Crippen LogP contribution is -2.60. The number of rotatable bonds is 43. The molecule has 0 amide bonds. The highest BCUT2D eigenvalue weighted by Gasteiger charge is 2.48. The van der Waals surface area contributed by atoms with Gasteiger partial charge in [0.05, 0.1) is 19.8 Å². The number of unbranched alkanes of at least 4 members (excludes halogenated alkanes) is 12. The van der Waals surface area contributed by atoms with Gasteiger partial charge in [0.25, 0.3) is 0 Å². The molecule has 1 aliphatic heterocycles. The molecule has 1 aliphatic rings. The molecule has 0 saturated carbocycles. The minimum Gasteiger partial charge on any atom is -0.457 e. The van der Waals surface area contributed by atoms with E-state index in [2.05, 4.69) is 115 Å². The van der Waals surface area contributed by atoms with Gasteiger partial charge in [0.2, 0.25) is 0 Å². The molecule has 0 spiro atoms. The number of aliphatic hydroxyl groups excluding tert-OH is 3. The zero-order valence-corrected chi connectivity index (χ0v) is 42.4. The molecule has 0 radical (unpaired) electrons. The summed E-state index contributed by atoms with van der Waals surface area (Å²) < 4.78 is 59.1. The van der Waals surface area contributed by atoms with Crippen molar-refractivity contribution in [2.24, 2.45) is 0 Å². The van der Waals surface area contributed by atoms with E-state index in [9.17, 15) is 33.1 Å². The zero-order valence-electron chi connectivity index (χ0n) is 41.6. The Morgan fingerprint density at radius 2 is 1.01 bits per heavy atom. The van der Waals surface area contributed by atoms with Crippen LogP contribution in [0.4, 0.5) is 0 Å². The monoisotopic (exact) mass is 975 g/mol. The molecule has 0 aromatic carbocycles. The molecule has 1 heterocycles. The van der Waals surface area contributed by atoms with E-state index in [1.807, 2.05) is 12.2 Å². The first-order valence-electron chi connectivity index (χ1n) is 25.6. The van der Waals surface area contributed by atoms with Gasteiger partial charge in [0.15, 0.2) is 6.29 Å². The summed E-state index contributed by atoms with van der Waals surface area (Å²) >= 11 is 0. The molecule has 0 aromatic rings. The summed E-state index contributed by atoms with van der Waals surface area (Å²) in [6.07, 6.45) is 54.2. The number of aliphatic hydroxyl groups is 3. The van der Waals surface area contributed by atoms with E-state index in [-0.39, 0.29) is 19.6 Å². The number of hydrogen-bond donors (Lipinski definition) is 4. The number of ether oxygens (including phenoxy) is 4. The molecule has 388 valence electrons. The molecular weight excluding hydrogens is 885 g/mol. The molecule has 1 fully saturated rings. The van der Waals surface area contributed by atoms with Crippen LogP contribution in [0.5, 0.6) is 0 Å². The summed E-state index contributed by atoms with van der Waals surface area (Å²) in [5.41, 5.74) is 0. The Hall–Kier alpha value is -3.24. The van der Waals surface area contributed by atoms with Crippen LogP contribution in [0.1, 0.15) is 168 Å². The zero-order chi connectivity index (χ0) is 49.6. The van der Waals surface area contributed by atoms with Gasteiger partial charge in [-0.2, -0.15) is 8.42 Å². The molecule has 1 saturated heterocycles. The normalized spacial score (nSPS) is 20.2. The van der Waals surface area contributed by atoms with Gasteiger partial charge in [-0.3, -0.25) is 9.35 Å². The maximum atomic E-state index is 12.9. The van der Waals surface area contributed by atoms with Crippen LogP contribution >= 0.6 is 0 Å². The van der Waals surface area contributed by atoms with Crippen LogP contribution in [-0.2, 0) is 38.3 Å². The second-order valence-electron chi connectivity index (χ2n) is 17.0. The molecule has 0 aliphatic carbocycles. The van der Waals surface area contributed by atoms with Gasteiger partial charge in [0, 0.05) is 13.0 Å². The van der Waals surface area contributed by atoms with Crippen molar-refractivity contribution < 1.29 is 56.2 Å². The van der Waals surface area contributed by atoms with E-state index in [4.69, 9.17) is 18.9 Å². The van der Waals surface area contributed by atoms with E-state index in [1.165, 1.54) is 57.8 Å². The first-order chi connectivity index (χ1) is 33.1.